The normalized spacial score (nSPS) is 17.8. The summed E-state index contributed by atoms with van der Waals surface area (Å²) in [6.45, 7) is 4.72. The van der Waals surface area contributed by atoms with Gasteiger partial charge in [-0.3, -0.25) is 9.89 Å². The van der Waals surface area contributed by atoms with Crippen molar-refractivity contribution < 1.29 is 9.53 Å². The van der Waals surface area contributed by atoms with E-state index in [9.17, 15) is 4.79 Å². The molecule has 2 aromatic rings. The van der Waals surface area contributed by atoms with Crippen LogP contribution in [-0.4, -0.2) is 39.6 Å². The summed E-state index contributed by atoms with van der Waals surface area (Å²) in [7, 11) is 1.53. The zero-order valence-corrected chi connectivity index (χ0v) is 13.1. The molecule has 0 aliphatic carbocycles. The standard InChI is InChI=1S/C16H20N4O2/c1-10-14(11(2)19-18-10)13-7-5-9-20(13)16(21)12-6-4-8-17-15(12)22-3/h4,6,8,13H,5,7,9H2,1-3H3,(H,18,19)/t13-/m1/s1. The summed E-state index contributed by atoms with van der Waals surface area (Å²) in [5.41, 5.74) is 3.63. The Balaban J connectivity index is 1.95. The molecule has 1 N–H and O–H groups in total. The fourth-order valence-electron chi connectivity index (χ4n) is 3.23. The van der Waals surface area contributed by atoms with Crippen LogP contribution < -0.4 is 4.74 Å². The first kappa shape index (κ1) is 14.6. The topological polar surface area (TPSA) is 71.1 Å². The number of hydrogen-bond donors (Lipinski definition) is 1. The Morgan fingerprint density at radius 3 is 2.95 bits per heavy atom. The first-order valence-corrected chi connectivity index (χ1v) is 7.45. The van der Waals surface area contributed by atoms with Crippen LogP contribution in [0.15, 0.2) is 18.3 Å². The van der Waals surface area contributed by atoms with E-state index < -0.39 is 0 Å². The molecule has 6 nitrogen and oxygen atoms in total. The minimum atomic E-state index is -0.0348. The van der Waals surface area contributed by atoms with Gasteiger partial charge in [0, 0.05) is 24.0 Å². The summed E-state index contributed by atoms with van der Waals surface area (Å²) >= 11 is 0. The quantitative estimate of drug-likeness (QED) is 0.945. The van der Waals surface area contributed by atoms with E-state index in [0.29, 0.717) is 11.4 Å². The van der Waals surface area contributed by atoms with Crippen molar-refractivity contribution in [2.45, 2.75) is 32.7 Å². The molecule has 1 atom stereocenters. The molecule has 3 heterocycles. The van der Waals surface area contributed by atoms with E-state index in [1.165, 1.54) is 7.11 Å². The van der Waals surface area contributed by atoms with Crippen molar-refractivity contribution in [2.75, 3.05) is 13.7 Å². The lowest BCUT2D eigenvalue weighted by Crippen LogP contribution is -2.31. The molecule has 6 heteroatoms. The molecule has 22 heavy (non-hydrogen) atoms. The summed E-state index contributed by atoms with van der Waals surface area (Å²) in [5, 5.41) is 7.27. The lowest BCUT2D eigenvalue weighted by atomic mass is 10.0. The van der Waals surface area contributed by atoms with Crippen LogP contribution in [0.4, 0.5) is 0 Å². The van der Waals surface area contributed by atoms with Crippen LogP contribution in [0.25, 0.3) is 0 Å². The molecular weight excluding hydrogens is 280 g/mol. The van der Waals surface area contributed by atoms with E-state index in [1.807, 2.05) is 18.7 Å². The number of nitrogens with one attached hydrogen (secondary N) is 1. The fraction of sp³-hybridized carbons (Fsp3) is 0.438. The molecule has 116 valence electrons. The molecule has 2 aromatic heterocycles. The Kier molecular flexibility index (Phi) is 3.83. The predicted molar refractivity (Wildman–Crippen MR) is 81.9 cm³/mol. The maximum absolute atomic E-state index is 12.9. The highest BCUT2D eigenvalue weighted by Gasteiger charge is 2.34. The third-order valence-corrected chi connectivity index (χ3v) is 4.23. The number of amides is 1. The first-order valence-electron chi connectivity index (χ1n) is 7.45. The van der Waals surface area contributed by atoms with Crippen LogP contribution >= 0.6 is 0 Å². The Hall–Kier alpha value is -2.37. The number of nitrogens with zero attached hydrogens (tertiary/aromatic N) is 3. The number of ether oxygens (including phenoxy) is 1. The second-order valence-corrected chi connectivity index (χ2v) is 5.56. The van der Waals surface area contributed by atoms with Gasteiger partial charge in [-0.1, -0.05) is 0 Å². The van der Waals surface area contributed by atoms with Gasteiger partial charge in [-0.15, -0.1) is 0 Å². The van der Waals surface area contributed by atoms with E-state index in [4.69, 9.17) is 4.74 Å². The highest BCUT2D eigenvalue weighted by Crippen LogP contribution is 2.36. The van der Waals surface area contributed by atoms with Crippen LogP contribution in [0, 0.1) is 13.8 Å². The smallest absolute Gasteiger partial charge is 0.259 e. The maximum Gasteiger partial charge on any atom is 0.259 e. The van der Waals surface area contributed by atoms with E-state index in [0.717, 1.165) is 36.3 Å². The number of pyridine rings is 1. The fourth-order valence-corrected chi connectivity index (χ4v) is 3.23. The van der Waals surface area contributed by atoms with Crippen LogP contribution in [0.2, 0.25) is 0 Å². The molecule has 1 amide bonds. The summed E-state index contributed by atoms with van der Waals surface area (Å²) < 4.78 is 5.22. The lowest BCUT2D eigenvalue weighted by Gasteiger charge is -2.25. The van der Waals surface area contributed by atoms with Crippen molar-refractivity contribution in [3.63, 3.8) is 0 Å². The zero-order chi connectivity index (χ0) is 15.7. The van der Waals surface area contributed by atoms with Crippen molar-refractivity contribution >= 4 is 5.91 Å². The van der Waals surface area contributed by atoms with Crippen LogP contribution in [0.3, 0.4) is 0 Å². The van der Waals surface area contributed by atoms with Gasteiger partial charge in [0.05, 0.1) is 18.8 Å². The predicted octanol–water partition coefficient (Wildman–Crippen LogP) is 2.41. The molecule has 1 saturated heterocycles. The van der Waals surface area contributed by atoms with Crippen molar-refractivity contribution in [3.05, 3.63) is 40.8 Å². The second kappa shape index (κ2) is 5.79. The number of aryl methyl sites for hydroxylation is 2. The summed E-state index contributed by atoms with van der Waals surface area (Å²) in [4.78, 5) is 19.0. The number of carbonyl (C=O) groups is 1. The van der Waals surface area contributed by atoms with Gasteiger partial charge in [-0.25, -0.2) is 4.98 Å². The minimum Gasteiger partial charge on any atom is -0.480 e. The molecule has 0 unspecified atom stereocenters. The molecule has 0 aromatic carbocycles. The third-order valence-electron chi connectivity index (χ3n) is 4.23. The van der Waals surface area contributed by atoms with E-state index in [1.54, 1.807) is 18.3 Å². The highest BCUT2D eigenvalue weighted by molar-refractivity contribution is 5.96. The molecular formula is C16H20N4O2. The van der Waals surface area contributed by atoms with Crippen LogP contribution in [-0.2, 0) is 0 Å². The van der Waals surface area contributed by atoms with Gasteiger partial charge in [0.25, 0.3) is 5.91 Å². The number of likely N-dealkylation sites (tertiary alicyclic amines) is 1. The number of aromatic nitrogens is 3. The molecule has 1 aliphatic rings. The Bertz CT molecular complexity index is 676. The molecule has 3 rings (SSSR count). The van der Waals surface area contributed by atoms with Gasteiger partial charge in [0.15, 0.2) is 0 Å². The van der Waals surface area contributed by atoms with Gasteiger partial charge >= 0.3 is 0 Å². The SMILES string of the molecule is COc1ncccc1C(=O)N1CCC[C@@H]1c1c(C)n[nH]c1C. The van der Waals surface area contributed by atoms with Crippen LogP contribution in [0.5, 0.6) is 5.88 Å². The largest absolute Gasteiger partial charge is 0.480 e. The van der Waals surface area contributed by atoms with Gasteiger partial charge in [0.1, 0.15) is 5.56 Å². The van der Waals surface area contributed by atoms with Gasteiger partial charge in [0.2, 0.25) is 5.88 Å². The average Bonchev–Trinajstić information content (AvgIpc) is 3.13. The monoisotopic (exact) mass is 300 g/mol. The van der Waals surface area contributed by atoms with Gasteiger partial charge < -0.3 is 9.64 Å². The Morgan fingerprint density at radius 2 is 2.27 bits per heavy atom. The summed E-state index contributed by atoms with van der Waals surface area (Å²) in [6, 6.07) is 3.59. The van der Waals surface area contributed by atoms with E-state index >= 15 is 0 Å². The van der Waals surface area contributed by atoms with Crippen LogP contribution in [0.1, 0.15) is 46.2 Å². The molecule has 1 fully saturated rings. The van der Waals surface area contributed by atoms with Crippen molar-refractivity contribution in [3.8, 4) is 5.88 Å². The summed E-state index contributed by atoms with van der Waals surface area (Å²) in [5.74, 6) is 0.339. The van der Waals surface area contributed by atoms with E-state index in [2.05, 4.69) is 15.2 Å². The number of carbonyl (C=O) groups excluding carboxylic acids is 1. The minimum absolute atomic E-state index is 0.0348. The molecule has 0 spiro atoms. The second-order valence-electron chi connectivity index (χ2n) is 5.56. The molecule has 0 radical (unpaired) electrons. The Morgan fingerprint density at radius 1 is 1.45 bits per heavy atom. The number of aromatic amines is 1. The molecule has 0 bridgehead atoms. The number of H-pyrrole nitrogens is 1. The van der Waals surface area contributed by atoms with Crippen molar-refractivity contribution in [1.82, 2.24) is 20.1 Å². The average molecular weight is 300 g/mol. The molecule has 0 saturated carbocycles. The lowest BCUT2D eigenvalue weighted by molar-refractivity contribution is 0.0731. The number of rotatable bonds is 3. The van der Waals surface area contributed by atoms with Gasteiger partial charge in [-0.2, -0.15) is 5.10 Å². The van der Waals surface area contributed by atoms with E-state index in [-0.39, 0.29) is 11.9 Å². The highest BCUT2D eigenvalue weighted by atomic mass is 16.5. The van der Waals surface area contributed by atoms with Crippen molar-refractivity contribution in [2.24, 2.45) is 0 Å². The third kappa shape index (κ3) is 2.34. The van der Waals surface area contributed by atoms with Gasteiger partial charge in [-0.05, 0) is 38.8 Å². The number of methoxy groups -OCH3 is 1. The molecule has 1 aliphatic heterocycles. The first-order chi connectivity index (χ1) is 10.6. The Labute approximate surface area is 129 Å². The maximum atomic E-state index is 12.9. The zero-order valence-electron chi connectivity index (χ0n) is 13.1. The number of hydrogen-bond acceptors (Lipinski definition) is 4. The summed E-state index contributed by atoms with van der Waals surface area (Å²) in [6.07, 6.45) is 3.57. The van der Waals surface area contributed by atoms with Crippen molar-refractivity contribution in [1.29, 1.82) is 0 Å².